The van der Waals surface area contributed by atoms with Crippen LogP contribution in [0.1, 0.15) is 12.0 Å². The molecular weight excluding hydrogens is 372 g/mol. The molecular formula is C19H19F2N3O2S. The second kappa shape index (κ2) is 6.94. The Morgan fingerprint density at radius 3 is 2.33 bits per heavy atom. The van der Waals surface area contributed by atoms with E-state index in [1.54, 1.807) is 36.4 Å². The van der Waals surface area contributed by atoms with Crippen LogP contribution in [0.15, 0.2) is 59.6 Å². The number of hydrogen-bond donors (Lipinski definition) is 1. The number of fused-ring (bicyclic) bond motifs is 1. The fourth-order valence-electron chi connectivity index (χ4n) is 3.51. The minimum Gasteiger partial charge on any atom is -0.368 e. The van der Waals surface area contributed by atoms with Gasteiger partial charge in [0.15, 0.2) is 0 Å². The molecule has 0 spiro atoms. The van der Waals surface area contributed by atoms with E-state index >= 15 is 0 Å². The van der Waals surface area contributed by atoms with E-state index in [1.807, 2.05) is 4.90 Å². The van der Waals surface area contributed by atoms with Crippen LogP contribution in [0, 0.1) is 0 Å². The lowest BCUT2D eigenvalue weighted by Crippen LogP contribution is -2.43. The van der Waals surface area contributed by atoms with Crippen molar-refractivity contribution in [2.45, 2.75) is 11.3 Å². The SMILES string of the molecule is O=S(=O)(c1ccccc1)n1cc(C(F)F)c2c(N3CCNCC3)cccc21. The molecule has 1 fully saturated rings. The fraction of sp³-hybridized carbons (Fsp3) is 0.263. The van der Waals surface area contributed by atoms with Crippen LogP contribution in [0.2, 0.25) is 0 Å². The molecule has 1 aliphatic rings. The maximum absolute atomic E-state index is 13.8. The number of piperazine rings is 1. The lowest BCUT2D eigenvalue weighted by atomic mass is 10.1. The van der Waals surface area contributed by atoms with Gasteiger partial charge in [0.05, 0.1) is 10.4 Å². The van der Waals surface area contributed by atoms with E-state index in [1.165, 1.54) is 12.1 Å². The number of hydrogen-bond acceptors (Lipinski definition) is 4. The summed E-state index contributed by atoms with van der Waals surface area (Å²) in [6, 6.07) is 12.9. The summed E-state index contributed by atoms with van der Waals surface area (Å²) >= 11 is 0. The number of rotatable bonds is 4. The summed E-state index contributed by atoms with van der Waals surface area (Å²) in [7, 11) is -3.97. The van der Waals surface area contributed by atoms with Crippen molar-refractivity contribution >= 4 is 26.6 Å². The number of nitrogens with zero attached hydrogens (tertiary/aromatic N) is 2. The zero-order valence-corrected chi connectivity index (χ0v) is 15.3. The highest BCUT2D eigenvalue weighted by atomic mass is 32.2. The van der Waals surface area contributed by atoms with Gasteiger partial charge in [0, 0.05) is 49.0 Å². The number of alkyl halides is 2. The quantitative estimate of drug-likeness (QED) is 0.742. The minimum absolute atomic E-state index is 0.0651. The molecule has 8 heteroatoms. The highest BCUT2D eigenvalue weighted by Crippen LogP contribution is 2.38. The van der Waals surface area contributed by atoms with Crippen molar-refractivity contribution in [1.82, 2.24) is 9.29 Å². The van der Waals surface area contributed by atoms with Crippen LogP contribution in [-0.2, 0) is 10.0 Å². The van der Waals surface area contributed by atoms with Crippen LogP contribution in [0.25, 0.3) is 10.9 Å². The summed E-state index contributed by atoms with van der Waals surface area (Å²) in [4.78, 5) is 2.08. The first kappa shape index (κ1) is 17.9. The van der Waals surface area contributed by atoms with Crippen molar-refractivity contribution in [3.63, 3.8) is 0 Å². The van der Waals surface area contributed by atoms with Crippen LogP contribution >= 0.6 is 0 Å². The first-order valence-electron chi connectivity index (χ1n) is 8.68. The van der Waals surface area contributed by atoms with Crippen molar-refractivity contribution in [3.8, 4) is 0 Å². The van der Waals surface area contributed by atoms with Gasteiger partial charge in [-0.3, -0.25) is 0 Å². The molecule has 1 aromatic heterocycles. The molecule has 5 nitrogen and oxygen atoms in total. The summed E-state index contributed by atoms with van der Waals surface area (Å²) in [6.07, 6.45) is -1.72. The van der Waals surface area contributed by atoms with Gasteiger partial charge in [0.2, 0.25) is 0 Å². The van der Waals surface area contributed by atoms with Gasteiger partial charge in [-0.15, -0.1) is 0 Å². The molecule has 142 valence electrons. The van der Waals surface area contributed by atoms with Gasteiger partial charge in [-0.1, -0.05) is 24.3 Å². The van der Waals surface area contributed by atoms with E-state index in [-0.39, 0.29) is 16.0 Å². The Morgan fingerprint density at radius 1 is 0.963 bits per heavy atom. The predicted octanol–water partition coefficient (Wildman–Crippen LogP) is 3.23. The Kier molecular flexibility index (Phi) is 4.61. The minimum atomic E-state index is -3.97. The van der Waals surface area contributed by atoms with E-state index in [4.69, 9.17) is 0 Å². The monoisotopic (exact) mass is 391 g/mol. The van der Waals surface area contributed by atoms with Crippen molar-refractivity contribution in [1.29, 1.82) is 0 Å². The molecule has 0 atom stereocenters. The average Bonchev–Trinajstić information content (AvgIpc) is 3.10. The molecule has 0 radical (unpaired) electrons. The molecule has 1 saturated heterocycles. The number of benzene rings is 2. The van der Waals surface area contributed by atoms with E-state index in [9.17, 15) is 17.2 Å². The highest BCUT2D eigenvalue weighted by Gasteiger charge is 2.27. The molecule has 2 heterocycles. The topological polar surface area (TPSA) is 54.3 Å². The standard InChI is InChI=1S/C19H19F2N3O2S/c20-19(21)15-13-24(27(25,26)14-5-2-1-3-6-14)17-8-4-7-16(18(15)17)23-11-9-22-10-12-23/h1-8,13,19,22H,9-12H2. The number of nitrogens with one attached hydrogen (secondary N) is 1. The van der Waals surface area contributed by atoms with Gasteiger partial charge in [0.1, 0.15) is 0 Å². The Labute approximate surface area is 156 Å². The summed E-state index contributed by atoms with van der Waals surface area (Å²) < 4.78 is 54.7. The third-order valence-electron chi connectivity index (χ3n) is 4.80. The molecule has 27 heavy (non-hydrogen) atoms. The molecule has 0 amide bonds. The second-order valence-corrected chi connectivity index (χ2v) is 8.22. The first-order valence-corrected chi connectivity index (χ1v) is 10.1. The Hall–Kier alpha value is -2.45. The van der Waals surface area contributed by atoms with Gasteiger partial charge in [0.25, 0.3) is 16.4 Å². The summed E-state index contributed by atoms with van der Waals surface area (Å²) in [5.74, 6) is 0. The molecule has 0 bridgehead atoms. The van der Waals surface area contributed by atoms with Gasteiger partial charge < -0.3 is 10.2 Å². The van der Waals surface area contributed by atoms with Crippen molar-refractivity contribution in [3.05, 3.63) is 60.3 Å². The lowest BCUT2D eigenvalue weighted by Gasteiger charge is -2.30. The Balaban J connectivity index is 1.96. The summed E-state index contributed by atoms with van der Waals surface area (Å²) in [5, 5.41) is 3.53. The van der Waals surface area contributed by atoms with Crippen LogP contribution < -0.4 is 10.2 Å². The molecule has 0 saturated carbocycles. The normalized spacial score (nSPS) is 15.6. The third kappa shape index (κ3) is 3.08. The summed E-state index contributed by atoms with van der Waals surface area (Å²) in [5.41, 5.74) is 0.648. The maximum atomic E-state index is 13.8. The van der Waals surface area contributed by atoms with Gasteiger partial charge >= 0.3 is 0 Å². The first-order chi connectivity index (χ1) is 13.0. The number of anilines is 1. The van der Waals surface area contributed by atoms with Crippen LogP contribution in [0.5, 0.6) is 0 Å². The van der Waals surface area contributed by atoms with Gasteiger partial charge in [-0.2, -0.15) is 0 Å². The predicted molar refractivity (Wildman–Crippen MR) is 101 cm³/mol. The van der Waals surface area contributed by atoms with E-state index in [0.717, 1.165) is 23.3 Å². The zero-order chi connectivity index (χ0) is 19.0. The molecule has 0 aliphatic carbocycles. The molecule has 4 rings (SSSR count). The fourth-order valence-corrected chi connectivity index (χ4v) is 4.90. The van der Waals surface area contributed by atoms with E-state index in [2.05, 4.69) is 5.32 Å². The Bertz CT molecular complexity index is 1060. The number of aromatic nitrogens is 1. The van der Waals surface area contributed by atoms with Crippen molar-refractivity contribution in [2.75, 3.05) is 31.1 Å². The van der Waals surface area contributed by atoms with Gasteiger partial charge in [-0.05, 0) is 24.3 Å². The van der Waals surface area contributed by atoms with Gasteiger partial charge in [-0.25, -0.2) is 21.2 Å². The molecule has 1 aliphatic heterocycles. The smallest absolute Gasteiger partial charge is 0.268 e. The van der Waals surface area contributed by atoms with Crippen molar-refractivity contribution < 1.29 is 17.2 Å². The average molecular weight is 391 g/mol. The maximum Gasteiger partial charge on any atom is 0.268 e. The number of halogens is 2. The Morgan fingerprint density at radius 2 is 1.67 bits per heavy atom. The lowest BCUT2D eigenvalue weighted by molar-refractivity contribution is 0.153. The van der Waals surface area contributed by atoms with Crippen molar-refractivity contribution in [2.24, 2.45) is 0 Å². The largest absolute Gasteiger partial charge is 0.368 e. The highest BCUT2D eigenvalue weighted by molar-refractivity contribution is 7.90. The van der Waals surface area contributed by atoms with Crippen LogP contribution in [0.3, 0.4) is 0 Å². The molecule has 0 unspecified atom stereocenters. The third-order valence-corrected chi connectivity index (χ3v) is 6.48. The molecule has 1 N–H and O–H groups in total. The van der Waals surface area contributed by atoms with Crippen LogP contribution in [-0.4, -0.2) is 38.6 Å². The zero-order valence-electron chi connectivity index (χ0n) is 14.5. The summed E-state index contributed by atoms with van der Waals surface area (Å²) in [6.45, 7) is 2.86. The van der Waals surface area contributed by atoms with E-state index < -0.39 is 16.4 Å². The van der Waals surface area contributed by atoms with Crippen LogP contribution in [0.4, 0.5) is 14.5 Å². The second-order valence-electron chi connectivity index (χ2n) is 6.41. The molecule has 3 aromatic rings. The molecule has 2 aromatic carbocycles. The van der Waals surface area contributed by atoms with E-state index in [0.29, 0.717) is 24.2 Å².